The van der Waals surface area contributed by atoms with Gasteiger partial charge >= 0.3 is 0 Å². The molecule has 5 heteroatoms. The third-order valence-electron chi connectivity index (χ3n) is 4.88. The van der Waals surface area contributed by atoms with Gasteiger partial charge in [0.15, 0.2) is 0 Å². The van der Waals surface area contributed by atoms with Crippen LogP contribution in [0.4, 0.5) is 0 Å². The number of amides is 1. The molecule has 130 valence electrons. The summed E-state index contributed by atoms with van der Waals surface area (Å²) in [5.41, 5.74) is 3.56. The van der Waals surface area contributed by atoms with Crippen LogP contribution in [0.1, 0.15) is 17.5 Å². The molecule has 1 aromatic carbocycles. The predicted molar refractivity (Wildman–Crippen MR) is 104 cm³/mol. The van der Waals surface area contributed by atoms with E-state index in [1.807, 2.05) is 11.0 Å². The van der Waals surface area contributed by atoms with Crippen LogP contribution in [0.5, 0.6) is 0 Å². The van der Waals surface area contributed by atoms with Crippen molar-refractivity contribution in [1.82, 2.24) is 15.1 Å². The van der Waals surface area contributed by atoms with E-state index in [9.17, 15) is 4.79 Å². The van der Waals surface area contributed by atoms with E-state index in [0.717, 1.165) is 43.6 Å². The number of benzene rings is 1. The van der Waals surface area contributed by atoms with Crippen LogP contribution < -0.4 is 5.32 Å². The lowest BCUT2D eigenvalue weighted by Crippen LogP contribution is -2.38. The molecule has 25 heavy (non-hydrogen) atoms. The molecule has 2 unspecified atom stereocenters. The third kappa shape index (κ3) is 3.56. The Morgan fingerprint density at radius 1 is 1.24 bits per heavy atom. The van der Waals surface area contributed by atoms with Crippen molar-refractivity contribution in [2.45, 2.75) is 19.1 Å². The Balaban J connectivity index is 1.57. The number of carbonyl (C=O) groups is 1. The highest BCUT2D eigenvalue weighted by Gasteiger charge is 2.29. The van der Waals surface area contributed by atoms with Crippen molar-refractivity contribution >= 4 is 19.8 Å². The lowest BCUT2D eigenvalue weighted by Gasteiger charge is -2.36. The van der Waals surface area contributed by atoms with Crippen LogP contribution in [0.3, 0.4) is 0 Å². The van der Waals surface area contributed by atoms with Crippen molar-refractivity contribution in [3.05, 3.63) is 65.5 Å². The third-order valence-corrected chi connectivity index (χ3v) is 6.39. The highest BCUT2D eigenvalue weighted by atomic mass is 31.1. The van der Waals surface area contributed by atoms with E-state index < -0.39 is 0 Å². The molecule has 1 fully saturated rings. The average molecular weight is 353 g/mol. The molecule has 0 bridgehead atoms. The van der Waals surface area contributed by atoms with E-state index in [4.69, 9.17) is 0 Å². The van der Waals surface area contributed by atoms with Gasteiger partial charge < -0.3 is 15.1 Å². The molecule has 1 amide bonds. The molecule has 1 aromatic rings. The number of carbonyl (C=O) groups excluding carboxylic acids is 1. The number of allylic oxidation sites excluding steroid dienone is 1. The molecule has 0 spiro atoms. The van der Waals surface area contributed by atoms with Crippen molar-refractivity contribution < 1.29 is 4.79 Å². The molecule has 4 rings (SSSR count). The average Bonchev–Trinajstić information content (AvgIpc) is 2.91. The molecule has 0 radical (unpaired) electrons. The Bertz CT molecular complexity index is 760. The quantitative estimate of drug-likeness (QED) is 0.831. The maximum Gasteiger partial charge on any atom is 0.252 e. The van der Waals surface area contributed by atoms with Gasteiger partial charge in [-0.2, -0.15) is 0 Å². The summed E-state index contributed by atoms with van der Waals surface area (Å²) in [7, 11) is 0.583. The van der Waals surface area contributed by atoms with Crippen LogP contribution in [-0.2, 0) is 4.79 Å². The number of nitrogens with zero attached hydrogens (tertiary/aromatic N) is 2. The van der Waals surface area contributed by atoms with Gasteiger partial charge in [0, 0.05) is 31.9 Å². The highest BCUT2D eigenvalue weighted by Crippen LogP contribution is 2.44. The molecule has 1 N–H and O–H groups in total. The molecule has 4 nitrogen and oxygen atoms in total. The Morgan fingerprint density at radius 2 is 2.16 bits per heavy atom. The fourth-order valence-corrected chi connectivity index (χ4v) is 4.92. The smallest absolute Gasteiger partial charge is 0.252 e. The summed E-state index contributed by atoms with van der Waals surface area (Å²) in [6, 6.07) is 8.43. The number of hydrogen-bond donors (Lipinski definition) is 1. The minimum atomic E-state index is 0.0926. The summed E-state index contributed by atoms with van der Waals surface area (Å²) >= 11 is 0. The van der Waals surface area contributed by atoms with E-state index >= 15 is 0 Å². The van der Waals surface area contributed by atoms with Crippen LogP contribution in [0.25, 0.3) is 5.31 Å². The van der Waals surface area contributed by atoms with Crippen LogP contribution in [0, 0.1) is 6.92 Å². The van der Waals surface area contributed by atoms with Gasteiger partial charge in [-0.25, -0.2) is 0 Å². The maximum absolute atomic E-state index is 12.7. The zero-order chi connectivity index (χ0) is 17.2. The van der Waals surface area contributed by atoms with Gasteiger partial charge in [0.2, 0.25) is 0 Å². The normalized spacial score (nSPS) is 24.7. The molecule has 2 atom stereocenters. The number of aryl methyl sites for hydroxylation is 1. The lowest BCUT2D eigenvalue weighted by atomic mass is 10.1. The van der Waals surface area contributed by atoms with Gasteiger partial charge in [0.1, 0.15) is 0 Å². The summed E-state index contributed by atoms with van der Waals surface area (Å²) < 4.78 is 0. The molecule has 0 aliphatic carbocycles. The first-order chi connectivity index (χ1) is 12.2. The maximum atomic E-state index is 12.7. The SMILES string of the molecule is Cc1cccc(C2=CC(=O)N3C=C(N4CCCNCC4)C=CC3P2)c1. The van der Waals surface area contributed by atoms with Gasteiger partial charge in [0.05, 0.1) is 11.5 Å². The van der Waals surface area contributed by atoms with E-state index in [1.165, 1.54) is 11.1 Å². The number of nitrogens with one attached hydrogen (secondary N) is 1. The molecule has 3 aliphatic heterocycles. The molecule has 1 saturated heterocycles. The van der Waals surface area contributed by atoms with Gasteiger partial charge in [-0.3, -0.25) is 4.79 Å². The summed E-state index contributed by atoms with van der Waals surface area (Å²) in [5, 5.41) is 4.59. The first-order valence-electron chi connectivity index (χ1n) is 8.94. The van der Waals surface area contributed by atoms with Gasteiger partial charge in [0.25, 0.3) is 5.91 Å². The molecule has 3 aliphatic rings. The summed E-state index contributed by atoms with van der Waals surface area (Å²) in [6.45, 7) is 6.21. The van der Waals surface area contributed by atoms with Gasteiger partial charge in [-0.05, 0) is 36.8 Å². The fraction of sp³-hybridized carbons (Fsp3) is 0.350. The second-order valence-electron chi connectivity index (χ2n) is 6.77. The molecule has 0 aromatic heterocycles. The monoisotopic (exact) mass is 353 g/mol. The van der Waals surface area contributed by atoms with E-state index in [-0.39, 0.29) is 11.7 Å². The first kappa shape index (κ1) is 16.6. The summed E-state index contributed by atoms with van der Waals surface area (Å²) in [5.74, 6) is 0.247. The zero-order valence-corrected chi connectivity index (χ0v) is 15.5. The molecule has 0 saturated carbocycles. The zero-order valence-electron chi connectivity index (χ0n) is 14.5. The number of hydrogen-bond acceptors (Lipinski definition) is 3. The van der Waals surface area contributed by atoms with Crippen LogP contribution in [0.15, 0.2) is 54.4 Å². The fourth-order valence-electron chi connectivity index (χ4n) is 3.54. The van der Waals surface area contributed by atoms with E-state index in [2.05, 4.69) is 59.8 Å². The highest BCUT2D eigenvalue weighted by molar-refractivity contribution is 7.51. The molecular formula is C20H24N3OP. The second-order valence-corrected chi connectivity index (χ2v) is 8.18. The summed E-state index contributed by atoms with van der Waals surface area (Å²) in [6.07, 6.45) is 9.41. The predicted octanol–water partition coefficient (Wildman–Crippen LogP) is 2.89. The van der Waals surface area contributed by atoms with Gasteiger partial charge in [-0.1, -0.05) is 44.5 Å². The largest absolute Gasteiger partial charge is 0.369 e. The number of fused-ring (bicyclic) bond motifs is 1. The van der Waals surface area contributed by atoms with E-state index in [0.29, 0.717) is 8.58 Å². The minimum Gasteiger partial charge on any atom is -0.369 e. The Hall–Kier alpha value is -1.90. The Kier molecular flexibility index (Phi) is 4.74. The Morgan fingerprint density at radius 3 is 3.04 bits per heavy atom. The van der Waals surface area contributed by atoms with Crippen molar-refractivity contribution in [3.8, 4) is 0 Å². The van der Waals surface area contributed by atoms with Crippen molar-refractivity contribution in [3.63, 3.8) is 0 Å². The van der Waals surface area contributed by atoms with Crippen molar-refractivity contribution in [2.75, 3.05) is 26.2 Å². The first-order valence-corrected chi connectivity index (χ1v) is 10.0. The van der Waals surface area contributed by atoms with Crippen LogP contribution >= 0.6 is 8.58 Å². The lowest BCUT2D eigenvalue weighted by molar-refractivity contribution is -0.123. The van der Waals surface area contributed by atoms with E-state index in [1.54, 1.807) is 0 Å². The second kappa shape index (κ2) is 7.15. The molecular weight excluding hydrogens is 329 g/mol. The van der Waals surface area contributed by atoms with Gasteiger partial charge in [-0.15, -0.1) is 0 Å². The number of rotatable bonds is 2. The topological polar surface area (TPSA) is 35.6 Å². The molecule has 3 heterocycles. The minimum absolute atomic E-state index is 0.0926. The van der Waals surface area contributed by atoms with Crippen LogP contribution in [0.2, 0.25) is 0 Å². The Labute approximate surface area is 151 Å². The van der Waals surface area contributed by atoms with Crippen molar-refractivity contribution in [2.24, 2.45) is 0 Å². The summed E-state index contributed by atoms with van der Waals surface area (Å²) in [4.78, 5) is 17.0. The standard InChI is InChI=1S/C20H24N3OP/c1-15-4-2-5-16(12-15)18-13-19(24)23-14-17(6-7-20(23)25-18)22-10-3-8-21-9-11-22/h2,4-7,12-14,20-21,25H,3,8-11H2,1H3. The van der Waals surface area contributed by atoms with Crippen LogP contribution in [-0.4, -0.2) is 47.7 Å². The van der Waals surface area contributed by atoms with Crippen molar-refractivity contribution in [1.29, 1.82) is 0 Å².